The minimum atomic E-state index is 0.0793. The van der Waals surface area contributed by atoms with E-state index in [9.17, 15) is 4.79 Å². The Kier molecular flexibility index (Phi) is 5.48. The van der Waals surface area contributed by atoms with Gasteiger partial charge in [0.25, 0.3) is 0 Å². The number of piperazine rings is 1. The molecule has 1 saturated heterocycles. The maximum Gasteiger partial charge on any atom is 0.222 e. The van der Waals surface area contributed by atoms with Crippen LogP contribution in [0.5, 0.6) is 0 Å². The molecule has 5 rings (SSSR count). The molecule has 0 radical (unpaired) electrons. The molecule has 1 aliphatic rings. The minimum Gasteiger partial charge on any atom is -0.360 e. The van der Waals surface area contributed by atoms with Gasteiger partial charge in [0.2, 0.25) is 5.78 Å². The number of rotatable bonds is 5. The average molecular weight is 454 g/mol. The van der Waals surface area contributed by atoms with Crippen LogP contribution in [0.1, 0.15) is 16.1 Å². The maximum absolute atomic E-state index is 13.1. The van der Waals surface area contributed by atoms with Crippen molar-refractivity contribution in [1.82, 2.24) is 10.1 Å². The number of ketones is 1. The second kappa shape index (κ2) is 8.42. The van der Waals surface area contributed by atoms with Gasteiger partial charge in [-0.1, -0.05) is 58.4 Å². The highest BCUT2D eigenvalue weighted by Crippen LogP contribution is 2.30. The zero-order valence-corrected chi connectivity index (χ0v) is 18.7. The average Bonchev–Trinajstić information content (AvgIpc) is 3.38. The van der Waals surface area contributed by atoms with Crippen LogP contribution in [0.3, 0.4) is 0 Å². The van der Waals surface area contributed by atoms with E-state index < -0.39 is 0 Å². The van der Waals surface area contributed by atoms with Gasteiger partial charge in [0.15, 0.2) is 5.13 Å². The lowest BCUT2D eigenvalue weighted by atomic mass is 10.0. The first-order valence-corrected chi connectivity index (χ1v) is 11.5. The predicted molar refractivity (Wildman–Crippen MR) is 123 cm³/mol. The van der Waals surface area contributed by atoms with E-state index in [1.807, 2.05) is 48.5 Å². The van der Waals surface area contributed by atoms with Gasteiger partial charge in [-0.3, -0.25) is 4.79 Å². The number of halogens is 1. The second-order valence-electron chi connectivity index (χ2n) is 7.77. The van der Waals surface area contributed by atoms with Gasteiger partial charge in [0.1, 0.15) is 18.0 Å². The Morgan fingerprint density at radius 1 is 1.19 bits per heavy atom. The van der Waals surface area contributed by atoms with Crippen molar-refractivity contribution in [3.63, 3.8) is 0 Å². The number of anilines is 1. The topological polar surface area (TPSA) is 63.7 Å². The lowest BCUT2D eigenvalue weighted by Crippen LogP contribution is -3.15. The van der Waals surface area contributed by atoms with E-state index >= 15 is 0 Å². The molecule has 8 heteroatoms. The summed E-state index contributed by atoms with van der Waals surface area (Å²) in [7, 11) is 0. The molecule has 158 valence electrons. The molecule has 6 nitrogen and oxygen atoms in total. The van der Waals surface area contributed by atoms with Gasteiger partial charge < -0.3 is 14.3 Å². The summed E-state index contributed by atoms with van der Waals surface area (Å²) in [6.07, 6.45) is 0. The molecular formula is C23H22ClN4O2S+. The lowest BCUT2D eigenvalue weighted by molar-refractivity contribution is -0.892. The van der Waals surface area contributed by atoms with E-state index in [-0.39, 0.29) is 5.78 Å². The SMILES string of the molecule is Cc1onc(-c2ccccc2)c1C(=O)C[NH+]1CCN(c2nc3cc(Cl)ccc3s2)CC1. The highest BCUT2D eigenvalue weighted by atomic mass is 35.5. The highest BCUT2D eigenvalue weighted by Gasteiger charge is 2.28. The van der Waals surface area contributed by atoms with Crippen LogP contribution in [0.4, 0.5) is 5.13 Å². The first-order chi connectivity index (χ1) is 15.1. The van der Waals surface area contributed by atoms with Crippen LogP contribution in [0.2, 0.25) is 5.02 Å². The van der Waals surface area contributed by atoms with Crippen molar-refractivity contribution in [2.45, 2.75) is 6.92 Å². The fraction of sp³-hybridized carbons (Fsp3) is 0.261. The third-order valence-corrected chi connectivity index (χ3v) is 7.01. The van der Waals surface area contributed by atoms with Gasteiger partial charge in [-0.25, -0.2) is 4.98 Å². The van der Waals surface area contributed by atoms with Crippen LogP contribution < -0.4 is 9.80 Å². The fourth-order valence-electron chi connectivity index (χ4n) is 4.02. The molecule has 0 unspecified atom stereocenters. The molecule has 0 aliphatic carbocycles. The Morgan fingerprint density at radius 2 is 1.97 bits per heavy atom. The standard InChI is InChI=1S/C23H21ClN4O2S/c1-15-21(22(26-30-15)16-5-3-2-4-6-16)19(29)14-27-9-11-28(12-10-27)23-25-18-13-17(24)7-8-20(18)31-23/h2-8,13H,9-12,14H2,1H3/p+1. The summed E-state index contributed by atoms with van der Waals surface area (Å²) in [5.74, 6) is 0.658. The number of fused-ring (bicyclic) bond motifs is 1. The van der Waals surface area contributed by atoms with E-state index in [1.54, 1.807) is 18.3 Å². The quantitative estimate of drug-likeness (QED) is 0.468. The number of nitrogens with zero attached hydrogens (tertiary/aromatic N) is 3. The molecule has 0 bridgehead atoms. The number of carbonyl (C=O) groups is 1. The largest absolute Gasteiger partial charge is 0.360 e. The first kappa shape index (κ1) is 20.2. The Morgan fingerprint density at radius 3 is 2.74 bits per heavy atom. The number of aromatic nitrogens is 2. The zero-order chi connectivity index (χ0) is 21.4. The van der Waals surface area contributed by atoms with Crippen LogP contribution in [0.25, 0.3) is 21.5 Å². The fourth-order valence-corrected chi connectivity index (χ4v) is 5.19. The number of benzene rings is 2. The summed E-state index contributed by atoms with van der Waals surface area (Å²) < 4.78 is 6.51. The summed E-state index contributed by atoms with van der Waals surface area (Å²) in [6.45, 7) is 5.74. The van der Waals surface area contributed by atoms with Crippen molar-refractivity contribution >= 4 is 44.1 Å². The third-order valence-electron chi connectivity index (χ3n) is 5.68. The van der Waals surface area contributed by atoms with Crippen molar-refractivity contribution < 1.29 is 14.2 Å². The number of aryl methyl sites for hydroxylation is 1. The van der Waals surface area contributed by atoms with Crippen LogP contribution in [0, 0.1) is 6.92 Å². The Bertz CT molecular complexity index is 1230. The van der Waals surface area contributed by atoms with Gasteiger partial charge in [0.05, 0.1) is 42.0 Å². The van der Waals surface area contributed by atoms with Gasteiger partial charge in [0, 0.05) is 10.6 Å². The van der Waals surface area contributed by atoms with E-state index in [4.69, 9.17) is 21.1 Å². The Hall–Kier alpha value is -2.74. The first-order valence-electron chi connectivity index (χ1n) is 10.3. The van der Waals surface area contributed by atoms with Gasteiger partial charge >= 0.3 is 0 Å². The number of nitrogens with one attached hydrogen (secondary N) is 1. The number of Topliss-reactive ketones (excluding diaryl/α,β-unsaturated/α-hetero) is 1. The summed E-state index contributed by atoms with van der Waals surface area (Å²) >= 11 is 7.78. The summed E-state index contributed by atoms with van der Waals surface area (Å²) in [4.78, 5) is 21.4. The molecule has 1 aliphatic heterocycles. The summed E-state index contributed by atoms with van der Waals surface area (Å²) in [5.41, 5.74) is 3.07. The van der Waals surface area contributed by atoms with Crippen molar-refractivity contribution in [2.75, 3.05) is 37.6 Å². The predicted octanol–water partition coefficient (Wildman–Crippen LogP) is 3.50. The molecule has 1 fully saturated rings. The van der Waals surface area contributed by atoms with Crippen LogP contribution in [0.15, 0.2) is 53.1 Å². The molecule has 1 N–H and O–H groups in total. The third kappa shape index (κ3) is 4.08. The smallest absolute Gasteiger partial charge is 0.222 e. The molecular weight excluding hydrogens is 432 g/mol. The van der Waals surface area contributed by atoms with Gasteiger partial charge in [-0.15, -0.1) is 0 Å². The van der Waals surface area contributed by atoms with Crippen LogP contribution >= 0.6 is 22.9 Å². The molecule has 4 aromatic rings. The molecule has 0 spiro atoms. The molecule has 0 saturated carbocycles. The monoisotopic (exact) mass is 453 g/mol. The van der Waals surface area contributed by atoms with Crippen LogP contribution in [-0.2, 0) is 0 Å². The second-order valence-corrected chi connectivity index (χ2v) is 9.22. The van der Waals surface area contributed by atoms with Gasteiger partial charge in [-0.2, -0.15) is 0 Å². The summed E-state index contributed by atoms with van der Waals surface area (Å²) in [6, 6.07) is 15.5. The molecule has 0 amide bonds. The summed E-state index contributed by atoms with van der Waals surface area (Å²) in [5, 5.41) is 5.87. The van der Waals surface area contributed by atoms with Gasteiger partial charge in [-0.05, 0) is 25.1 Å². The number of thiazole rings is 1. The van der Waals surface area contributed by atoms with Crippen molar-refractivity contribution in [3.05, 3.63) is 64.9 Å². The highest BCUT2D eigenvalue weighted by molar-refractivity contribution is 7.22. The minimum absolute atomic E-state index is 0.0793. The normalized spacial score (nSPS) is 15.0. The number of hydrogen-bond acceptors (Lipinski definition) is 6. The zero-order valence-electron chi connectivity index (χ0n) is 17.1. The van der Waals surface area contributed by atoms with Crippen molar-refractivity contribution in [3.8, 4) is 11.3 Å². The number of quaternary nitrogens is 1. The number of carbonyl (C=O) groups excluding carboxylic acids is 1. The van der Waals surface area contributed by atoms with Crippen molar-refractivity contribution in [1.29, 1.82) is 0 Å². The van der Waals surface area contributed by atoms with Crippen molar-refractivity contribution in [2.24, 2.45) is 0 Å². The lowest BCUT2D eigenvalue weighted by Gasteiger charge is -2.31. The molecule has 2 aromatic heterocycles. The molecule has 3 heterocycles. The Balaban J connectivity index is 1.26. The Labute approximate surface area is 189 Å². The number of hydrogen-bond donors (Lipinski definition) is 1. The molecule has 2 aromatic carbocycles. The molecule has 0 atom stereocenters. The van der Waals surface area contributed by atoms with E-state index in [0.29, 0.717) is 28.6 Å². The van der Waals surface area contributed by atoms with E-state index in [1.165, 1.54) is 4.90 Å². The molecule has 31 heavy (non-hydrogen) atoms. The van der Waals surface area contributed by atoms with E-state index in [0.717, 1.165) is 47.1 Å². The maximum atomic E-state index is 13.1. The van der Waals surface area contributed by atoms with Crippen LogP contribution in [-0.4, -0.2) is 48.6 Å². The van der Waals surface area contributed by atoms with E-state index in [2.05, 4.69) is 10.1 Å².